The van der Waals surface area contributed by atoms with Crippen molar-refractivity contribution in [3.8, 4) is 5.75 Å². The fourth-order valence-corrected chi connectivity index (χ4v) is 4.13. The zero-order chi connectivity index (χ0) is 15.5. The Morgan fingerprint density at radius 1 is 1.14 bits per heavy atom. The van der Waals surface area contributed by atoms with Crippen molar-refractivity contribution >= 4 is 0 Å². The summed E-state index contributed by atoms with van der Waals surface area (Å²) in [5.74, 6) is -0.115. The molecule has 4 nitrogen and oxygen atoms in total. The maximum absolute atomic E-state index is 11.9. The minimum absolute atomic E-state index is 0.115. The minimum atomic E-state index is -0.249. The molecule has 4 heteroatoms. The van der Waals surface area contributed by atoms with Crippen LogP contribution in [0.4, 0.5) is 0 Å². The average molecular weight is 304 g/mol. The highest BCUT2D eigenvalue weighted by atomic mass is 16.3. The van der Waals surface area contributed by atoms with Crippen molar-refractivity contribution in [3.05, 3.63) is 28.2 Å². The predicted octanol–water partition coefficient (Wildman–Crippen LogP) is 3.43. The molecule has 0 amide bonds. The number of rotatable bonds is 4. The van der Waals surface area contributed by atoms with E-state index in [9.17, 15) is 9.90 Å². The molecular formula is C18H28N2O2. The molecule has 0 spiro atoms. The highest BCUT2D eigenvalue weighted by molar-refractivity contribution is 5.21. The molecule has 1 aromatic rings. The van der Waals surface area contributed by atoms with Gasteiger partial charge < -0.3 is 9.67 Å². The topological polar surface area (TPSA) is 45.5 Å². The molecular weight excluding hydrogens is 276 g/mol. The number of aromatic hydroxyl groups is 1. The zero-order valence-corrected chi connectivity index (χ0v) is 13.6. The van der Waals surface area contributed by atoms with Crippen LogP contribution in [0.2, 0.25) is 0 Å². The van der Waals surface area contributed by atoms with E-state index in [1.54, 1.807) is 12.3 Å². The monoisotopic (exact) mass is 304 g/mol. The lowest BCUT2D eigenvalue weighted by molar-refractivity contribution is 0.179. The van der Waals surface area contributed by atoms with Crippen LogP contribution in [0.25, 0.3) is 0 Å². The molecule has 1 aromatic heterocycles. The summed E-state index contributed by atoms with van der Waals surface area (Å²) in [5, 5.41) is 9.82. The van der Waals surface area contributed by atoms with Gasteiger partial charge in [0, 0.05) is 30.4 Å². The quantitative estimate of drug-likeness (QED) is 0.927. The summed E-state index contributed by atoms with van der Waals surface area (Å²) in [7, 11) is 2.17. The number of hydrogen-bond acceptors (Lipinski definition) is 3. The van der Waals surface area contributed by atoms with Crippen LogP contribution in [0.1, 0.15) is 69.5 Å². The number of pyridine rings is 1. The van der Waals surface area contributed by atoms with Gasteiger partial charge in [0.25, 0.3) is 0 Å². The van der Waals surface area contributed by atoms with Gasteiger partial charge in [-0.15, -0.1) is 0 Å². The van der Waals surface area contributed by atoms with Gasteiger partial charge in [-0.05, 0) is 32.7 Å². The first-order valence-electron chi connectivity index (χ1n) is 8.79. The van der Waals surface area contributed by atoms with E-state index in [0.717, 1.165) is 25.1 Å². The largest absolute Gasteiger partial charge is 0.503 e. The molecule has 0 radical (unpaired) electrons. The molecule has 0 unspecified atom stereocenters. The van der Waals surface area contributed by atoms with E-state index >= 15 is 0 Å². The molecule has 1 heterocycles. The van der Waals surface area contributed by atoms with Gasteiger partial charge >= 0.3 is 0 Å². The summed E-state index contributed by atoms with van der Waals surface area (Å²) in [4.78, 5) is 14.3. The molecule has 22 heavy (non-hydrogen) atoms. The fourth-order valence-electron chi connectivity index (χ4n) is 4.13. The number of nitrogens with zero attached hydrogens (tertiary/aromatic N) is 2. The molecule has 2 aliphatic carbocycles. The molecule has 2 fully saturated rings. The highest BCUT2D eigenvalue weighted by Crippen LogP contribution is 2.31. The van der Waals surface area contributed by atoms with E-state index in [0.29, 0.717) is 12.1 Å². The van der Waals surface area contributed by atoms with Crippen LogP contribution in [-0.2, 0) is 6.54 Å². The molecule has 0 atom stereocenters. The minimum Gasteiger partial charge on any atom is -0.503 e. The first-order chi connectivity index (χ1) is 10.6. The van der Waals surface area contributed by atoms with E-state index in [-0.39, 0.29) is 11.2 Å². The summed E-state index contributed by atoms with van der Waals surface area (Å²) in [6.07, 6.45) is 13.0. The van der Waals surface area contributed by atoms with Gasteiger partial charge in [-0.1, -0.05) is 32.1 Å². The Morgan fingerprint density at radius 3 is 2.45 bits per heavy atom. The Balaban J connectivity index is 1.81. The molecule has 2 aliphatic rings. The summed E-state index contributed by atoms with van der Waals surface area (Å²) < 4.78 is 2.17. The first-order valence-corrected chi connectivity index (χ1v) is 8.79. The maximum Gasteiger partial charge on any atom is 0.223 e. The normalized spacial score (nSPS) is 20.8. The van der Waals surface area contributed by atoms with E-state index in [1.165, 1.54) is 44.9 Å². The fraction of sp³-hybridized carbons (Fsp3) is 0.722. The van der Waals surface area contributed by atoms with Crippen molar-refractivity contribution in [1.29, 1.82) is 0 Å². The van der Waals surface area contributed by atoms with Crippen LogP contribution >= 0.6 is 0 Å². The highest BCUT2D eigenvalue weighted by Gasteiger charge is 2.23. The molecule has 3 rings (SSSR count). The van der Waals surface area contributed by atoms with Crippen LogP contribution < -0.4 is 5.43 Å². The van der Waals surface area contributed by atoms with Crippen molar-refractivity contribution in [2.45, 2.75) is 76.4 Å². The summed E-state index contributed by atoms with van der Waals surface area (Å²) in [5.41, 5.74) is 0.809. The van der Waals surface area contributed by atoms with Crippen LogP contribution in [-0.4, -0.2) is 27.7 Å². The number of hydrogen-bond donors (Lipinski definition) is 1. The van der Waals surface area contributed by atoms with Gasteiger partial charge in [0.15, 0.2) is 5.75 Å². The van der Waals surface area contributed by atoms with Crippen LogP contribution in [0, 0.1) is 0 Å². The molecule has 122 valence electrons. The van der Waals surface area contributed by atoms with E-state index in [4.69, 9.17) is 0 Å². The molecule has 0 saturated heterocycles. The van der Waals surface area contributed by atoms with Gasteiger partial charge in [0.1, 0.15) is 0 Å². The van der Waals surface area contributed by atoms with Gasteiger partial charge in [-0.25, -0.2) is 0 Å². The summed E-state index contributed by atoms with van der Waals surface area (Å²) in [6, 6.07) is 2.73. The standard InChI is InChI=1S/C18H28N2O2/c1-19(14-7-3-2-4-8-14)12-16-11-17(21)18(22)13-20(16)15-9-5-6-10-15/h11,13-15,22H,2-10,12H2,1H3. The van der Waals surface area contributed by atoms with E-state index in [2.05, 4.69) is 16.5 Å². The van der Waals surface area contributed by atoms with Crippen molar-refractivity contribution in [2.75, 3.05) is 7.05 Å². The molecule has 1 N–H and O–H groups in total. The van der Waals surface area contributed by atoms with Crippen LogP contribution in [0.3, 0.4) is 0 Å². The molecule has 0 aliphatic heterocycles. The van der Waals surface area contributed by atoms with Gasteiger partial charge in [-0.2, -0.15) is 0 Å². The van der Waals surface area contributed by atoms with Gasteiger partial charge in [0.05, 0.1) is 6.20 Å². The smallest absolute Gasteiger partial charge is 0.223 e. The van der Waals surface area contributed by atoms with E-state index in [1.807, 2.05) is 0 Å². The Hall–Kier alpha value is -1.29. The average Bonchev–Trinajstić information content (AvgIpc) is 3.05. The third kappa shape index (κ3) is 3.37. The van der Waals surface area contributed by atoms with Crippen LogP contribution in [0.15, 0.2) is 17.1 Å². The zero-order valence-electron chi connectivity index (χ0n) is 13.6. The van der Waals surface area contributed by atoms with E-state index < -0.39 is 0 Å². The van der Waals surface area contributed by atoms with Crippen molar-refractivity contribution in [2.24, 2.45) is 0 Å². The van der Waals surface area contributed by atoms with Crippen molar-refractivity contribution < 1.29 is 5.11 Å². The first kappa shape index (κ1) is 15.6. The maximum atomic E-state index is 11.9. The third-order valence-electron chi connectivity index (χ3n) is 5.47. The SMILES string of the molecule is CN(Cc1cc(=O)c(O)cn1C1CCCC1)C1CCCCC1. The Labute approximate surface area is 132 Å². The molecule has 0 bridgehead atoms. The molecule has 0 aromatic carbocycles. The lowest BCUT2D eigenvalue weighted by atomic mass is 9.94. The second kappa shape index (κ2) is 6.86. The summed E-state index contributed by atoms with van der Waals surface area (Å²) >= 11 is 0. The summed E-state index contributed by atoms with van der Waals surface area (Å²) in [6.45, 7) is 0.802. The van der Waals surface area contributed by atoms with Crippen molar-refractivity contribution in [1.82, 2.24) is 9.47 Å². The lowest BCUT2D eigenvalue weighted by Crippen LogP contribution is -2.34. The predicted molar refractivity (Wildman–Crippen MR) is 88.2 cm³/mol. The third-order valence-corrected chi connectivity index (χ3v) is 5.47. The number of aromatic nitrogens is 1. The Morgan fingerprint density at radius 2 is 1.77 bits per heavy atom. The second-order valence-electron chi connectivity index (χ2n) is 7.07. The van der Waals surface area contributed by atoms with Gasteiger partial charge in [0.2, 0.25) is 5.43 Å². The van der Waals surface area contributed by atoms with Crippen LogP contribution in [0.5, 0.6) is 5.75 Å². The molecule has 2 saturated carbocycles. The Kier molecular flexibility index (Phi) is 4.87. The second-order valence-corrected chi connectivity index (χ2v) is 7.07. The Bertz CT molecular complexity index is 555. The lowest BCUT2D eigenvalue weighted by Gasteiger charge is -2.32. The van der Waals surface area contributed by atoms with Crippen molar-refractivity contribution in [3.63, 3.8) is 0 Å². The van der Waals surface area contributed by atoms with Gasteiger partial charge in [-0.3, -0.25) is 9.69 Å².